The molecule has 0 aliphatic heterocycles. The molecule has 0 fully saturated rings. The van der Waals surface area contributed by atoms with Gasteiger partial charge in [0.05, 0.1) is 0 Å². The van der Waals surface area contributed by atoms with Crippen molar-refractivity contribution < 1.29 is 4.79 Å². The van der Waals surface area contributed by atoms with Crippen LogP contribution in [0, 0.1) is 0 Å². The summed E-state index contributed by atoms with van der Waals surface area (Å²) in [4.78, 5) is 15.4. The number of anilines is 1. The van der Waals surface area contributed by atoms with Crippen molar-refractivity contribution >= 4 is 22.7 Å². The lowest BCUT2D eigenvalue weighted by atomic mass is 10.4. The van der Waals surface area contributed by atoms with Gasteiger partial charge in [0, 0.05) is 5.25 Å². The van der Waals surface area contributed by atoms with Crippen LogP contribution in [0.2, 0.25) is 0 Å². The second kappa shape index (κ2) is 4.28. The van der Waals surface area contributed by atoms with Gasteiger partial charge in [-0.05, 0) is 12.1 Å². The quantitative estimate of drug-likeness (QED) is 0.785. The smallest absolute Gasteiger partial charge is 0.238 e. The van der Waals surface area contributed by atoms with Gasteiger partial charge in [0.25, 0.3) is 0 Å². The van der Waals surface area contributed by atoms with Crippen molar-refractivity contribution in [2.45, 2.75) is 19.1 Å². The molecule has 0 bridgehead atoms. The van der Waals surface area contributed by atoms with Crippen LogP contribution in [0.15, 0.2) is 18.2 Å². The van der Waals surface area contributed by atoms with Crippen molar-refractivity contribution in [2.24, 2.45) is 0 Å². The summed E-state index contributed by atoms with van der Waals surface area (Å²) in [6, 6.07) is 5.07. The molecule has 0 aliphatic rings. The Balaban J connectivity index is 2.77. The van der Waals surface area contributed by atoms with Crippen molar-refractivity contribution in [2.75, 3.05) is 5.73 Å². The van der Waals surface area contributed by atoms with E-state index in [4.69, 9.17) is 5.73 Å². The summed E-state index contributed by atoms with van der Waals surface area (Å²) in [5.74, 6) is 0.384. The molecule has 0 aliphatic carbocycles. The first-order valence-corrected chi connectivity index (χ1v) is 4.91. The van der Waals surface area contributed by atoms with Gasteiger partial charge in [0.15, 0.2) is 0 Å². The molecule has 1 heterocycles. The number of pyridine rings is 1. The van der Waals surface area contributed by atoms with Crippen molar-refractivity contribution in [3.05, 3.63) is 23.9 Å². The number of aromatic nitrogens is 1. The van der Waals surface area contributed by atoms with Crippen molar-refractivity contribution in [3.63, 3.8) is 0 Å². The monoisotopic (exact) mass is 196 g/mol. The summed E-state index contributed by atoms with van der Waals surface area (Å²) in [5, 5.41) is 0.248. The summed E-state index contributed by atoms with van der Waals surface area (Å²) >= 11 is 1.26. The molecule has 0 unspecified atom stereocenters. The molecule has 0 saturated heterocycles. The highest BCUT2D eigenvalue weighted by molar-refractivity contribution is 8.14. The van der Waals surface area contributed by atoms with Crippen molar-refractivity contribution in [1.29, 1.82) is 0 Å². The third-order valence-corrected chi connectivity index (χ3v) is 2.22. The Labute approximate surface area is 81.7 Å². The van der Waals surface area contributed by atoms with E-state index in [0.717, 1.165) is 0 Å². The van der Waals surface area contributed by atoms with Gasteiger partial charge in [-0.3, -0.25) is 4.79 Å². The average Bonchev–Trinajstić information content (AvgIpc) is 2.03. The van der Waals surface area contributed by atoms with Gasteiger partial charge in [-0.1, -0.05) is 31.7 Å². The van der Waals surface area contributed by atoms with E-state index in [0.29, 0.717) is 11.5 Å². The van der Waals surface area contributed by atoms with Crippen LogP contribution in [0.3, 0.4) is 0 Å². The van der Waals surface area contributed by atoms with E-state index < -0.39 is 0 Å². The maximum absolute atomic E-state index is 11.5. The lowest BCUT2D eigenvalue weighted by molar-refractivity contribution is 0.108. The standard InChI is InChI=1S/C9H12N2OS/c1-6(2)13-9(12)7-4-3-5-8(10)11-7/h3-6H,1-2H3,(H2,10,11). The summed E-state index contributed by atoms with van der Waals surface area (Å²) in [6.45, 7) is 3.93. The van der Waals surface area contributed by atoms with E-state index in [1.165, 1.54) is 11.8 Å². The van der Waals surface area contributed by atoms with Crippen molar-refractivity contribution in [3.8, 4) is 0 Å². The zero-order valence-corrected chi connectivity index (χ0v) is 8.47. The first kappa shape index (κ1) is 10.1. The van der Waals surface area contributed by atoms with Crippen LogP contribution in [0.4, 0.5) is 5.82 Å². The van der Waals surface area contributed by atoms with Gasteiger partial charge in [0.1, 0.15) is 11.5 Å². The van der Waals surface area contributed by atoms with Crippen LogP contribution in [-0.2, 0) is 0 Å². The molecule has 1 rings (SSSR count). The van der Waals surface area contributed by atoms with Crippen LogP contribution < -0.4 is 5.73 Å². The number of carbonyl (C=O) groups is 1. The Morgan fingerprint density at radius 1 is 1.54 bits per heavy atom. The van der Waals surface area contributed by atoms with Gasteiger partial charge in [0.2, 0.25) is 5.12 Å². The minimum absolute atomic E-state index is 0.0256. The molecule has 4 heteroatoms. The molecular weight excluding hydrogens is 184 g/mol. The van der Waals surface area contributed by atoms with E-state index in [1.54, 1.807) is 18.2 Å². The molecule has 0 aromatic carbocycles. The van der Waals surface area contributed by atoms with Crippen LogP contribution >= 0.6 is 11.8 Å². The second-order valence-electron chi connectivity index (χ2n) is 2.90. The number of hydrogen-bond donors (Lipinski definition) is 1. The largest absolute Gasteiger partial charge is 0.384 e. The molecule has 13 heavy (non-hydrogen) atoms. The minimum atomic E-state index is -0.0256. The summed E-state index contributed by atoms with van der Waals surface area (Å²) in [5.41, 5.74) is 5.88. The number of nitrogens with zero attached hydrogens (tertiary/aromatic N) is 1. The van der Waals surface area contributed by atoms with Gasteiger partial charge < -0.3 is 5.73 Å². The third kappa shape index (κ3) is 3.06. The lowest BCUT2D eigenvalue weighted by Crippen LogP contribution is -2.03. The molecule has 0 spiro atoms. The van der Waals surface area contributed by atoms with Crippen molar-refractivity contribution in [1.82, 2.24) is 4.98 Å². The summed E-state index contributed by atoms with van der Waals surface area (Å²) < 4.78 is 0. The summed E-state index contributed by atoms with van der Waals surface area (Å²) in [7, 11) is 0. The maximum atomic E-state index is 11.5. The lowest BCUT2D eigenvalue weighted by Gasteiger charge is -2.02. The van der Waals surface area contributed by atoms with Crippen LogP contribution in [-0.4, -0.2) is 15.3 Å². The van der Waals surface area contributed by atoms with E-state index in [2.05, 4.69) is 4.98 Å². The Bertz CT molecular complexity index is 312. The average molecular weight is 196 g/mol. The normalized spacial score (nSPS) is 10.4. The van der Waals surface area contributed by atoms with Gasteiger partial charge in [-0.15, -0.1) is 0 Å². The highest BCUT2D eigenvalue weighted by Crippen LogP contribution is 2.16. The van der Waals surface area contributed by atoms with Gasteiger partial charge >= 0.3 is 0 Å². The molecular formula is C9H12N2OS. The number of nitrogens with two attached hydrogens (primary N) is 1. The number of nitrogen functional groups attached to an aromatic ring is 1. The zero-order chi connectivity index (χ0) is 9.84. The third-order valence-electron chi connectivity index (χ3n) is 1.32. The molecule has 0 radical (unpaired) electrons. The molecule has 2 N–H and O–H groups in total. The fraction of sp³-hybridized carbons (Fsp3) is 0.333. The minimum Gasteiger partial charge on any atom is -0.384 e. The Morgan fingerprint density at radius 3 is 2.77 bits per heavy atom. The maximum Gasteiger partial charge on any atom is 0.238 e. The van der Waals surface area contributed by atoms with Crippen LogP contribution in [0.25, 0.3) is 0 Å². The fourth-order valence-corrected chi connectivity index (χ4v) is 1.50. The van der Waals surface area contributed by atoms with Gasteiger partial charge in [-0.2, -0.15) is 0 Å². The molecule has 0 atom stereocenters. The Hall–Kier alpha value is -1.03. The van der Waals surface area contributed by atoms with E-state index >= 15 is 0 Å². The van der Waals surface area contributed by atoms with E-state index in [-0.39, 0.29) is 10.4 Å². The van der Waals surface area contributed by atoms with Gasteiger partial charge in [-0.25, -0.2) is 4.98 Å². The first-order chi connectivity index (χ1) is 6.09. The van der Waals surface area contributed by atoms with Crippen LogP contribution in [0.1, 0.15) is 24.3 Å². The molecule has 0 saturated carbocycles. The molecule has 70 valence electrons. The highest BCUT2D eigenvalue weighted by atomic mass is 32.2. The number of rotatable bonds is 2. The fourth-order valence-electron chi connectivity index (χ4n) is 0.840. The molecule has 0 amide bonds. The second-order valence-corrected chi connectivity index (χ2v) is 4.45. The van der Waals surface area contributed by atoms with E-state index in [1.807, 2.05) is 13.8 Å². The molecule has 1 aromatic rings. The molecule has 3 nitrogen and oxygen atoms in total. The topological polar surface area (TPSA) is 56.0 Å². The number of hydrogen-bond acceptors (Lipinski definition) is 4. The Morgan fingerprint density at radius 2 is 2.23 bits per heavy atom. The predicted molar refractivity (Wildman–Crippen MR) is 55.7 cm³/mol. The number of thioether (sulfide) groups is 1. The molecule has 1 aromatic heterocycles. The Kier molecular flexibility index (Phi) is 3.31. The van der Waals surface area contributed by atoms with E-state index in [9.17, 15) is 4.79 Å². The van der Waals surface area contributed by atoms with Crippen LogP contribution in [0.5, 0.6) is 0 Å². The highest BCUT2D eigenvalue weighted by Gasteiger charge is 2.09. The number of carbonyl (C=O) groups excluding carboxylic acids is 1. The summed E-state index contributed by atoms with van der Waals surface area (Å²) in [6.07, 6.45) is 0. The predicted octanol–water partition coefficient (Wildman–Crippen LogP) is 1.95. The SMILES string of the molecule is CC(C)SC(=O)c1cccc(N)n1. The zero-order valence-electron chi connectivity index (χ0n) is 7.65. The first-order valence-electron chi connectivity index (χ1n) is 4.03.